The molecule has 0 aliphatic rings. The molecule has 0 aliphatic heterocycles. The number of benzene rings is 1. The Morgan fingerprint density at radius 2 is 2.06 bits per heavy atom. The highest BCUT2D eigenvalue weighted by Crippen LogP contribution is 2.27. The highest BCUT2D eigenvalue weighted by atomic mass is 79.9. The molecule has 1 unspecified atom stereocenters. The van der Waals surface area contributed by atoms with Crippen LogP contribution in [-0.4, -0.2) is 18.0 Å². The van der Waals surface area contributed by atoms with Crippen molar-refractivity contribution in [3.05, 3.63) is 34.3 Å². The summed E-state index contributed by atoms with van der Waals surface area (Å²) in [5.41, 5.74) is 1.32. The first-order valence-electron chi connectivity index (χ1n) is 6.56. The lowest BCUT2D eigenvalue weighted by molar-refractivity contribution is 0.208. The molecule has 0 heterocycles. The van der Waals surface area contributed by atoms with E-state index in [-0.39, 0.29) is 0 Å². The Bertz CT molecular complexity index is 398. The topological polar surface area (TPSA) is 27.0 Å². The fourth-order valence-corrected chi connectivity index (χ4v) is 2.77. The van der Waals surface area contributed by atoms with Gasteiger partial charge in [0.1, 0.15) is 0 Å². The van der Waals surface area contributed by atoms with Crippen LogP contribution in [0, 0.1) is 11.3 Å². The number of hydrogen-bond acceptors (Lipinski definition) is 2. The van der Waals surface area contributed by atoms with Crippen molar-refractivity contribution in [1.82, 2.24) is 4.90 Å². The maximum absolute atomic E-state index is 8.63. The third kappa shape index (κ3) is 4.44. The van der Waals surface area contributed by atoms with Crippen molar-refractivity contribution in [1.29, 1.82) is 5.26 Å². The number of nitrogens with zero attached hydrogens (tertiary/aromatic N) is 2. The zero-order chi connectivity index (χ0) is 13.4. The van der Waals surface area contributed by atoms with Crippen LogP contribution in [0.2, 0.25) is 0 Å². The maximum atomic E-state index is 8.63. The summed E-state index contributed by atoms with van der Waals surface area (Å²) in [6, 6.07) is 11.0. The second kappa shape index (κ2) is 8.29. The second-order valence-electron chi connectivity index (χ2n) is 4.50. The van der Waals surface area contributed by atoms with E-state index in [1.807, 2.05) is 6.07 Å². The average molecular weight is 309 g/mol. The number of rotatable bonds is 7. The molecular formula is C15H21BrN2. The van der Waals surface area contributed by atoms with Crippen LogP contribution < -0.4 is 0 Å². The van der Waals surface area contributed by atoms with Gasteiger partial charge in [0.05, 0.1) is 6.07 Å². The molecular weight excluding hydrogens is 288 g/mol. The molecule has 0 saturated carbocycles. The molecule has 1 rings (SSSR count). The molecule has 0 N–H and O–H groups in total. The maximum Gasteiger partial charge on any atom is 0.0622 e. The first-order chi connectivity index (χ1) is 8.70. The van der Waals surface area contributed by atoms with E-state index in [1.54, 1.807) is 0 Å². The lowest BCUT2D eigenvalue weighted by Gasteiger charge is -2.29. The molecule has 98 valence electrons. The minimum absolute atomic E-state index is 0.388. The summed E-state index contributed by atoms with van der Waals surface area (Å²) < 4.78 is 1.17. The van der Waals surface area contributed by atoms with Crippen LogP contribution in [0.5, 0.6) is 0 Å². The molecule has 18 heavy (non-hydrogen) atoms. The lowest BCUT2D eigenvalue weighted by atomic mass is 10.1. The van der Waals surface area contributed by atoms with E-state index in [1.165, 1.54) is 10.0 Å². The summed E-state index contributed by atoms with van der Waals surface area (Å²) in [7, 11) is 0. The Kier molecular flexibility index (Phi) is 7.00. The van der Waals surface area contributed by atoms with Crippen molar-refractivity contribution < 1.29 is 0 Å². The van der Waals surface area contributed by atoms with Crippen LogP contribution in [0.25, 0.3) is 0 Å². The van der Waals surface area contributed by atoms with Gasteiger partial charge in [-0.1, -0.05) is 41.1 Å². The predicted molar refractivity (Wildman–Crippen MR) is 79.3 cm³/mol. The minimum Gasteiger partial charge on any atom is -0.297 e. The van der Waals surface area contributed by atoms with Gasteiger partial charge in [-0.15, -0.1) is 0 Å². The van der Waals surface area contributed by atoms with Crippen molar-refractivity contribution in [2.24, 2.45) is 0 Å². The molecule has 1 atom stereocenters. The largest absolute Gasteiger partial charge is 0.297 e. The van der Waals surface area contributed by atoms with Gasteiger partial charge < -0.3 is 0 Å². The van der Waals surface area contributed by atoms with Crippen LogP contribution in [0.3, 0.4) is 0 Å². The Labute approximate surface area is 119 Å². The van der Waals surface area contributed by atoms with Gasteiger partial charge in [0.2, 0.25) is 0 Å². The highest BCUT2D eigenvalue weighted by Gasteiger charge is 2.16. The summed E-state index contributed by atoms with van der Waals surface area (Å²) in [4.78, 5) is 2.46. The summed E-state index contributed by atoms with van der Waals surface area (Å²) in [5, 5.41) is 8.63. The fourth-order valence-electron chi connectivity index (χ4n) is 2.16. The van der Waals surface area contributed by atoms with Gasteiger partial charge in [-0.2, -0.15) is 5.26 Å². The van der Waals surface area contributed by atoms with Crippen molar-refractivity contribution in [3.63, 3.8) is 0 Å². The molecule has 0 fully saturated rings. The average Bonchev–Trinajstić information content (AvgIpc) is 2.38. The Hall–Kier alpha value is -0.850. The Balaban J connectivity index is 2.73. The van der Waals surface area contributed by atoms with Gasteiger partial charge in [-0.3, -0.25) is 4.90 Å². The van der Waals surface area contributed by atoms with Gasteiger partial charge in [-0.25, -0.2) is 0 Å². The van der Waals surface area contributed by atoms with Crippen LogP contribution in [0.4, 0.5) is 0 Å². The third-order valence-electron chi connectivity index (χ3n) is 3.15. The minimum atomic E-state index is 0.388. The summed E-state index contributed by atoms with van der Waals surface area (Å²) in [6.45, 7) is 6.50. The van der Waals surface area contributed by atoms with Gasteiger partial charge in [0.15, 0.2) is 0 Å². The van der Waals surface area contributed by atoms with Crippen LogP contribution in [0.1, 0.15) is 44.7 Å². The molecule has 0 radical (unpaired) electrons. The van der Waals surface area contributed by atoms with E-state index >= 15 is 0 Å². The van der Waals surface area contributed by atoms with Gasteiger partial charge >= 0.3 is 0 Å². The van der Waals surface area contributed by atoms with E-state index in [2.05, 4.69) is 58.9 Å². The second-order valence-corrected chi connectivity index (χ2v) is 5.35. The molecule has 0 bridgehead atoms. The quantitative estimate of drug-likeness (QED) is 0.692. The SMILES string of the molecule is CCCN(CCCC#N)C(C)c1ccccc1Br. The molecule has 0 saturated heterocycles. The van der Waals surface area contributed by atoms with E-state index in [9.17, 15) is 0 Å². The van der Waals surface area contributed by atoms with Crippen LogP contribution >= 0.6 is 15.9 Å². The number of halogens is 1. The van der Waals surface area contributed by atoms with Crippen LogP contribution in [0.15, 0.2) is 28.7 Å². The monoisotopic (exact) mass is 308 g/mol. The summed E-state index contributed by atoms with van der Waals surface area (Å²) in [5.74, 6) is 0. The van der Waals surface area contributed by atoms with Gasteiger partial charge in [0, 0.05) is 16.9 Å². The van der Waals surface area contributed by atoms with E-state index in [0.717, 1.165) is 25.9 Å². The highest BCUT2D eigenvalue weighted by molar-refractivity contribution is 9.10. The predicted octanol–water partition coefficient (Wildman–Crippen LogP) is 4.53. The Morgan fingerprint density at radius 3 is 2.67 bits per heavy atom. The number of hydrogen-bond donors (Lipinski definition) is 0. The smallest absolute Gasteiger partial charge is 0.0622 e. The summed E-state index contributed by atoms with van der Waals surface area (Å²) in [6.07, 6.45) is 2.73. The van der Waals surface area contributed by atoms with E-state index in [4.69, 9.17) is 5.26 Å². The first kappa shape index (κ1) is 15.2. The van der Waals surface area contributed by atoms with E-state index < -0.39 is 0 Å². The van der Waals surface area contributed by atoms with Crippen molar-refractivity contribution in [2.45, 2.75) is 39.2 Å². The third-order valence-corrected chi connectivity index (χ3v) is 3.87. The fraction of sp³-hybridized carbons (Fsp3) is 0.533. The van der Waals surface area contributed by atoms with E-state index in [0.29, 0.717) is 12.5 Å². The standard InChI is InChI=1S/C15H21BrN2/c1-3-11-18(12-7-6-10-17)13(2)14-8-4-5-9-15(14)16/h4-5,8-9,13H,3,6-7,11-12H2,1-2H3. The zero-order valence-corrected chi connectivity index (χ0v) is 12.8. The van der Waals surface area contributed by atoms with Crippen molar-refractivity contribution >= 4 is 15.9 Å². The molecule has 0 spiro atoms. The van der Waals surface area contributed by atoms with Crippen molar-refractivity contribution in [3.8, 4) is 6.07 Å². The molecule has 1 aromatic rings. The summed E-state index contributed by atoms with van der Waals surface area (Å²) >= 11 is 3.62. The number of nitriles is 1. The lowest BCUT2D eigenvalue weighted by Crippen LogP contribution is -2.29. The molecule has 3 heteroatoms. The van der Waals surface area contributed by atoms with Gasteiger partial charge in [-0.05, 0) is 44.5 Å². The first-order valence-corrected chi connectivity index (χ1v) is 7.35. The molecule has 0 amide bonds. The van der Waals surface area contributed by atoms with Crippen LogP contribution in [-0.2, 0) is 0 Å². The molecule has 2 nitrogen and oxygen atoms in total. The zero-order valence-electron chi connectivity index (χ0n) is 11.2. The molecule has 1 aromatic carbocycles. The Morgan fingerprint density at radius 1 is 1.33 bits per heavy atom. The van der Waals surface area contributed by atoms with Gasteiger partial charge in [0.25, 0.3) is 0 Å². The molecule has 0 aromatic heterocycles. The molecule has 0 aliphatic carbocycles. The number of unbranched alkanes of at least 4 members (excludes halogenated alkanes) is 1. The normalized spacial score (nSPS) is 12.4. The van der Waals surface area contributed by atoms with Crippen molar-refractivity contribution in [2.75, 3.05) is 13.1 Å².